The normalized spacial score (nSPS) is 11.8. The van der Waals surface area contributed by atoms with Crippen LogP contribution in [0.25, 0.3) is 0 Å². The molecule has 0 aliphatic rings. The van der Waals surface area contributed by atoms with Gasteiger partial charge in [-0.1, -0.05) is 37.3 Å². The van der Waals surface area contributed by atoms with Gasteiger partial charge in [-0.2, -0.15) is 0 Å². The number of nitrogens with zero attached hydrogens (tertiary/aromatic N) is 1. The first kappa shape index (κ1) is 13.9. The third kappa shape index (κ3) is 3.26. The Hall–Kier alpha value is -2.56. The monoisotopic (exact) mass is 271 g/mol. The van der Waals surface area contributed by atoms with Crippen LogP contribution in [-0.2, 0) is 0 Å². The van der Waals surface area contributed by atoms with Crippen LogP contribution >= 0.6 is 0 Å². The minimum Gasteiger partial charge on any atom is -0.393 e. The highest BCUT2D eigenvalue weighted by Crippen LogP contribution is 2.25. The molecule has 0 aliphatic carbocycles. The van der Waals surface area contributed by atoms with Crippen molar-refractivity contribution in [2.45, 2.75) is 12.8 Å². The second-order valence-corrected chi connectivity index (χ2v) is 4.72. The first-order chi connectivity index (χ1) is 9.58. The molecule has 0 heterocycles. The van der Waals surface area contributed by atoms with Gasteiger partial charge in [-0.25, -0.2) is 0 Å². The molecule has 0 saturated heterocycles. The zero-order valence-electron chi connectivity index (χ0n) is 11.2. The Morgan fingerprint density at radius 1 is 1.25 bits per heavy atom. The fourth-order valence-corrected chi connectivity index (χ4v) is 2.00. The van der Waals surface area contributed by atoms with Crippen molar-refractivity contribution in [1.29, 1.82) is 0 Å². The molecule has 20 heavy (non-hydrogen) atoms. The average Bonchev–Trinajstić information content (AvgIpc) is 2.45. The lowest BCUT2D eigenvalue weighted by molar-refractivity contribution is -0.383. The Kier molecular flexibility index (Phi) is 4.20. The third-order valence-corrected chi connectivity index (χ3v) is 3.21. The second-order valence-electron chi connectivity index (χ2n) is 4.72. The highest BCUT2D eigenvalue weighted by Gasteiger charge is 2.11. The van der Waals surface area contributed by atoms with Crippen molar-refractivity contribution >= 4 is 17.1 Å². The van der Waals surface area contributed by atoms with Crippen molar-refractivity contribution in [3.05, 3.63) is 64.2 Å². The van der Waals surface area contributed by atoms with E-state index in [1.165, 1.54) is 11.6 Å². The van der Waals surface area contributed by atoms with Crippen LogP contribution in [0.5, 0.6) is 0 Å². The van der Waals surface area contributed by atoms with Crippen LogP contribution in [0.4, 0.5) is 17.1 Å². The molecule has 0 amide bonds. The highest BCUT2D eigenvalue weighted by atomic mass is 16.6. The lowest BCUT2D eigenvalue weighted by atomic mass is 10.0. The van der Waals surface area contributed by atoms with Crippen LogP contribution in [0.1, 0.15) is 18.4 Å². The van der Waals surface area contributed by atoms with Crippen molar-refractivity contribution in [1.82, 2.24) is 0 Å². The number of hydrogen-bond acceptors (Lipinski definition) is 4. The Balaban J connectivity index is 2.01. The molecule has 104 valence electrons. The van der Waals surface area contributed by atoms with Crippen molar-refractivity contribution in [3.8, 4) is 0 Å². The van der Waals surface area contributed by atoms with Gasteiger partial charge in [-0.05, 0) is 23.6 Å². The number of nitrogens with one attached hydrogen (secondary N) is 1. The molecule has 5 nitrogen and oxygen atoms in total. The zero-order chi connectivity index (χ0) is 14.5. The highest BCUT2D eigenvalue weighted by molar-refractivity contribution is 5.65. The van der Waals surface area contributed by atoms with E-state index in [4.69, 9.17) is 5.73 Å². The molecule has 0 spiro atoms. The zero-order valence-corrected chi connectivity index (χ0v) is 11.2. The SMILES string of the molecule is CC(CNc1ccc([N+](=O)[O-])c(N)c1)c1ccccc1. The summed E-state index contributed by atoms with van der Waals surface area (Å²) >= 11 is 0. The summed E-state index contributed by atoms with van der Waals surface area (Å²) in [6.45, 7) is 2.86. The smallest absolute Gasteiger partial charge is 0.292 e. The molecule has 2 rings (SSSR count). The van der Waals surface area contributed by atoms with E-state index in [1.54, 1.807) is 12.1 Å². The molecule has 0 saturated carbocycles. The number of hydrogen-bond donors (Lipinski definition) is 2. The lowest BCUT2D eigenvalue weighted by Gasteiger charge is -2.14. The molecule has 1 atom stereocenters. The summed E-state index contributed by atoms with van der Waals surface area (Å²) in [6, 6.07) is 14.9. The summed E-state index contributed by atoms with van der Waals surface area (Å²) in [7, 11) is 0. The van der Waals surface area contributed by atoms with Crippen LogP contribution in [0.2, 0.25) is 0 Å². The van der Waals surface area contributed by atoms with E-state index in [0.717, 1.165) is 12.2 Å². The molecule has 1 unspecified atom stereocenters. The number of nitro groups is 1. The molecule has 2 aromatic rings. The van der Waals surface area contributed by atoms with Crippen LogP contribution in [0, 0.1) is 10.1 Å². The summed E-state index contributed by atoms with van der Waals surface area (Å²) in [5, 5.41) is 13.9. The van der Waals surface area contributed by atoms with Gasteiger partial charge in [0.2, 0.25) is 0 Å². The molecule has 5 heteroatoms. The third-order valence-electron chi connectivity index (χ3n) is 3.21. The minimum absolute atomic E-state index is 0.0633. The summed E-state index contributed by atoms with van der Waals surface area (Å²) in [5.41, 5.74) is 7.80. The topological polar surface area (TPSA) is 81.2 Å². The molecular formula is C15H17N3O2. The van der Waals surface area contributed by atoms with Crippen molar-refractivity contribution < 1.29 is 4.92 Å². The molecule has 0 bridgehead atoms. The number of anilines is 2. The Morgan fingerprint density at radius 2 is 1.95 bits per heavy atom. The quantitative estimate of drug-likeness (QED) is 0.496. The van der Waals surface area contributed by atoms with Crippen LogP contribution in [0.3, 0.4) is 0 Å². The number of rotatable bonds is 5. The van der Waals surface area contributed by atoms with Gasteiger partial charge >= 0.3 is 0 Å². The summed E-state index contributed by atoms with van der Waals surface area (Å²) in [5.74, 6) is 0.340. The summed E-state index contributed by atoms with van der Waals surface area (Å²) < 4.78 is 0. The largest absolute Gasteiger partial charge is 0.393 e. The molecule has 0 fully saturated rings. The Bertz CT molecular complexity index is 599. The van der Waals surface area contributed by atoms with Crippen molar-refractivity contribution in [2.24, 2.45) is 0 Å². The Morgan fingerprint density at radius 3 is 2.55 bits per heavy atom. The molecule has 2 aromatic carbocycles. The maximum absolute atomic E-state index is 10.7. The van der Waals surface area contributed by atoms with Gasteiger partial charge in [0.15, 0.2) is 0 Å². The van der Waals surface area contributed by atoms with Gasteiger partial charge in [0, 0.05) is 18.3 Å². The van der Waals surface area contributed by atoms with Crippen LogP contribution in [-0.4, -0.2) is 11.5 Å². The molecule has 0 radical (unpaired) electrons. The molecule has 3 N–H and O–H groups in total. The van der Waals surface area contributed by atoms with E-state index in [-0.39, 0.29) is 11.4 Å². The van der Waals surface area contributed by atoms with Gasteiger partial charge < -0.3 is 11.1 Å². The maximum Gasteiger partial charge on any atom is 0.292 e. The predicted octanol–water partition coefficient (Wildman–Crippen LogP) is 3.39. The molecule has 0 aromatic heterocycles. The summed E-state index contributed by atoms with van der Waals surface area (Å²) in [6.07, 6.45) is 0. The first-order valence-electron chi connectivity index (χ1n) is 6.40. The Labute approximate surface area is 117 Å². The maximum atomic E-state index is 10.7. The second kappa shape index (κ2) is 6.06. The first-order valence-corrected chi connectivity index (χ1v) is 6.40. The number of nitrogen functional groups attached to an aromatic ring is 1. The van der Waals surface area contributed by atoms with Crippen LogP contribution in [0.15, 0.2) is 48.5 Å². The van der Waals surface area contributed by atoms with Gasteiger partial charge in [0.25, 0.3) is 5.69 Å². The van der Waals surface area contributed by atoms with Crippen molar-refractivity contribution in [3.63, 3.8) is 0 Å². The van der Waals surface area contributed by atoms with E-state index in [1.807, 2.05) is 18.2 Å². The van der Waals surface area contributed by atoms with E-state index in [0.29, 0.717) is 5.92 Å². The van der Waals surface area contributed by atoms with Gasteiger partial charge in [-0.15, -0.1) is 0 Å². The fraction of sp³-hybridized carbons (Fsp3) is 0.200. The molecular weight excluding hydrogens is 254 g/mol. The van der Waals surface area contributed by atoms with E-state index in [9.17, 15) is 10.1 Å². The minimum atomic E-state index is -0.480. The summed E-state index contributed by atoms with van der Waals surface area (Å²) in [4.78, 5) is 10.2. The van der Waals surface area contributed by atoms with Crippen LogP contribution < -0.4 is 11.1 Å². The van der Waals surface area contributed by atoms with Gasteiger partial charge in [-0.3, -0.25) is 10.1 Å². The van der Waals surface area contributed by atoms with E-state index >= 15 is 0 Å². The fourth-order valence-electron chi connectivity index (χ4n) is 2.00. The van der Waals surface area contributed by atoms with Gasteiger partial charge in [0.1, 0.15) is 5.69 Å². The number of nitro benzene ring substituents is 1. The average molecular weight is 271 g/mol. The van der Waals surface area contributed by atoms with Crippen molar-refractivity contribution in [2.75, 3.05) is 17.6 Å². The van der Waals surface area contributed by atoms with E-state index < -0.39 is 4.92 Å². The number of nitrogens with two attached hydrogens (primary N) is 1. The number of benzene rings is 2. The van der Waals surface area contributed by atoms with Gasteiger partial charge in [0.05, 0.1) is 4.92 Å². The molecule has 0 aliphatic heterocycles. The standard InChI is InChI=1S/C15H17N3O2/c1-11(12-5-3-2-4-6-12)10-17-13-7-8-15(18(19)20)14(16)9-13/h2-9,11,17H,10,16H2,1H3. The van der Waals surface area contributed by atoms with E-state index in [2.05, 4.69) is 24.4 Å². The predicted molar refractivity (Wildman–Crippen MR) is 80.9 cm³/mol. The lowest BCUT2D eigenvalue weighted by Crippen LogP contribution is -2.10.